The second-order valence-corrected chi connectivity index (χ2v) is 4.53. The Morgan fingerprint density at radius 2 is 1.89 bits per heavy atom. The number of fused-ring (bicyclic) bond motifs is 1. The highest BCUT2D eigenvalue weighted by Crippen LogP contribution is 2.27. The Kier molecular flexibility index (Phi) is 2.59. The van der Waals surface area contributed by atoms with E-state index in [0.717, 1.165) is 31.6 Å². The Hall–Kier alpha value is -1.82. The lowest BCUT2D eigenvalue weighted by atomic mass is 10.1. The Morgan fingerprint density at radius 3 is 2.56 bits per heavy atom. The van der Waals surface area contributed by atoms with E-state index >= 15 is 0 Å². The summed E-state index contributed by atoms with van der Waals surface area (Å²) < 4.78 is 0. The van der Waals surface area contributed by atoms with Crippen molar-refractivity contribution in [3.8, 4) is 0 Å². The molecule has 0 aromatic rings. The number of amidine groups is 1. The molecule has 0 aromatic carbocycles. The number of amides is 1. The highest BCUT2D eigenvalue weighted by molar-refractivity contribution is 6.73. The first-order valence-corrected chi connectivity index (χ1v) is 6.07. The third-order valence-corrected chi connectivity index (χ3v) is 3.28. The lowest BCUT2D eigenvalue weighted by Gasteiger charge is -2.21. The number of allylic oxidation sites excluding steroid dienone is 1. The van der Waals surface area contributed by atoms with Crippen LogP contribution in [-0.2, 0) is 4.79 Å². The maximum Gasteiger partial charge on any atom is 0.299 e. The van der Waals surface area contributed by atoms with Gasteiger partial charge in [-0.2, -0.15) is 4.99 Å². The van der Waals surface area contributed by atoms with Crippen LogP contribution >= 0.6 is 0 Å². The van der Waals surface area contributed by atoms with Crippen LogP contribution in [0.15, 0.2) is 26.4 Å². The number of carbonyl (C=O) groups excluding carboxylic acids is 1. The number of nitrogens with zero attached hydrogens (tertiary/aromatic N) is 4. The van der Waals surface area contributed by atoms with Gasteiger partial charge in [0.1, 0.15) is 11.5 Å². The van der Waals surface area contributed by atoms with E-state index < -0.39 is 0 Å². The summed E-state index contributed by atoms with van der Waals surface area (Å²) in [5.41, 5.74) is 2.20. The molecule has 0 aromatic heterocycles. The molecule has 3 heterocycles. The van der Waals surface area contributed by atoms with Crippen LogP contribution in [0.1, 0.15) is 19.8 Å². The number of hydrogen-bond donors (Lipinski definition) is 1. The first kappa shape index (κ1) is 11.3. The number of rotatable bonds is 2. The quantitative estimate of drug-likeness (QED) is 0.752. The van der Waals surface area contributed by atoms with Crippen molar-refractivity contribution in [1.82, 2.24) is 4.90 Å². The Bertz CT molecular complexity index is 536. The molecular weight excluding hydrogens is 232 g/mol. The van der Waals surface area contributed by atoms with Gasteiger partial charge in [-0.25, -0.2) is 9.98 Å². The molecule has 0 aliphatic carbocycles. The molecule has 1 N–H and O–H groups in total. The van der Waals surface area contributed by atoms with Crippen molar-refractivity contribution in [2.75, 3.05) is 19.7 Å². The smallest absolute Gasteiger partial charge is 0.299 e. The molecule has 0 bridgehead atoms. The molecule has 0 unspecified atom stereocenters. The summed E-state index contributed by atoms with van der Waals surface area (Å²) in [5.74, 6) is 0.0856. The fraction of sp³-hybridized carbons (Fsp3) is 0.500. The number of aliphatic hydroxyl groups excluding tert-OH is 1. The summed E-state index contributed by atoms with van der Waals surface area (Å²) in [6.07, 6.45) is 2.23. The highest BCUT2D eigenvalue weighted by atomic mass is 16.3. The third-order valence-electron chi connectivity index (χ3n) is 3.28. The third kappa shape index (κ3) is 1.60. The average Bonchev–Trinajstić information content (AvgIpc) is 2.94. The summed E-state index contributed by atoms with van der Waals surface area (Å²) in [4.78, 5) is 26.2. The average molecular weight is 246 g/mol. The molecule has 94 valence electrons. The zero-order chi connectivity index (χ0) is 12.7. The molecule has 1 amide bonds. The van der Waals surface area contributed by atoms with E-state index in [2.05, 4.69) is 19.9 Å². The van der Waals surface area contributed by atoms with Crippen molar-refractivity contribution in [3.63, 3.8) is 0 Å². The molecule has 3 rings (SSSR count). The number of aliphatic hydroxyl groups is 1. The van der Waals surface area contributed by atoms with Crippen LogP contribution < -0.4 is 0 Å². The second kappa shape index (κ2) is 4.13. The summed E-state index contributed by atoms with van der Waals surface area (Å²) in [5, 5.41) is 9.40. The maximum atomic E-state index is 11.8. The maximum absolute atomic E-state index is 11.8. The fourth-order valence-corrected chi connectivity index (χ4v) is 2.51. The number of likely N-dealkylation sites (tertiary alicyclic amines) is 1. The van der Waals surface area contributed by atoms with Crippen LogP contribution in [0, 0.1) is 0 Å². The van der Waals surface area contributed by atoms with E-state index in [4.69, 9.17) is 0 Å². The zero-order valence-corrected chi connectivity index (χ0v) is 10.2. The standard InChI is InChI=1S/C12H14N4O2/c1-7-13-9-10(12(18)14-7)15-8(6-17)11(9)16-4-2-3-5-16/h17H,2-6H2,1H3. The van der Waals surface area contributed by atoms with Gasteiger partial charge in [-0.1, -0.05) is 0 Å². The van der Waals surface area contributed by atoms with Crippen molar-refractivity contribution in [2.24, 2.45) is 15.0 Å². The van der Waals surface area contributed by atoms with Gasteiger partial charge in [0.05, 0.1) is 18.0 Å². The van der Waals surface area contributed by atoms with Crippen molar-refractivity contribution in [2.45, 2.75) is 19.8 Å². The minimum atomic E-state index is -0.363. The van der Waals surface area contributed by atoms with E-state index in [9.17, 15) is 9.90 Å². The molecule has 1 saturated heterocycles. The predicted molar refractivity (Wildman–Crippen MR) is 67.9 cm³/mol. The van der Waals surface area contributed by atoms with Crippen LogP contribution in [0.3, 0.4) is 0 Å². The van der Waals surface area contributed by atoms with Gasteiger partial charge < -0.3 is 10.0 Å². The van der Waals surface area contributed by atoms with Gasteiger partial charge in [0.15, 0.2) is 5.71 Å². The molecule has 6 nitrogen and oxygen atoms in total. The topological polar surface area (TPSA) is 77.6 Å². The van der Waals surface area contributed by atoms with Crippen LogP contribution in [-0.4, -0.2) is 52.9 Å². The van der Waals surface area contributed by atoms with Gasteiger partial charge >= 0.3 is 0 Å². The second-order valence-electron chi connectivity index (χ2n) is 4.53. The molecule has 0 spiro atoms. The lowest BCUT2D eigenvalue weighted by Crippen LogP contribution is -2.33. The minimum absolute atomic E-state index is 0.180. The SMILES string of the molecule is CC1=NC(=O)C2=NC(CO)=C(N3CCCC3)C2=N1. The van der Waals surface area contributed by atoms with Gasteiger partial charge in [0.25, 0.3) is 5.91 Å². The summed E-state index contributed by atoms with van der Waals surface area (Å²) in [6, 6.07) is 0. The summed E-state index contributed by atoms with van der Waals surface area (Å²) in [7, 11) is 0. The fourth-order valence-electron chi connectivity index (χ4n) is 2.51. The summed E-state index contributed by atoms with van der Waals surface area (Å²) in [6.45, 7) is 3.36. The monoisotopic (exact) mass is 246 g/mol. The molecule has 6 heteroatoms. The lowest BCUT2D eigenvalue weighted by molar-refractivity contribution is -0.111. The van der Waals surface area contributed by atoms with E-state index in [1.807, 2.05) is 0 Å². The van der Waals surface area contributed by atoms with Crippen LogP contribution in [0.25, 0.3) is 0 Å². The molecule has 0 radical (unpaired) electrons. The first-order valence-electron chi connectivity index (χ1n) is 6.07. The Labute approximate surface area is 104 Å². The van der Waals surface area contributed by atoms with Gasteiger partial charge in [0, 0.05) is 13.1 Å². The Morgan fingerprint density at radius 1 is 1.17 bits per heavy atom. The van der Waals surface area contributed by atoms with Crippen LogP contribution in [0.4, 0.5) is 0 Å². The van der Waals surface area contributed by atoms with E-state index in [1.54, 1.807) is 6.92 Å². The van der Waals surface area contributed by atoms with Crippen molar-refractivity contribution >= 4 is 23.2 Å². The van der Waals surface area contributed by atoms with Gasteiger partial charge in [-0.05, 0) is 19.8 Å². The van der Waals surface area contributed by atoms with Crippen molar-refractivity contribution in [1.29, 1.82) is 0 Å². The molecule has 18 heavy (non-hydrogen) atoms. The summed E-state index contributed by atoms with van der Waals surface area (Å²) >= 11 is 0. The van der Waals surface area contributed by atoms with E-state index in [-0.39, 0.29) is 18.2 Å². The number of carbonyl (C=O) groups is 1. The molecule has 0 saturated carbocycles. The van der Waals surface area contributed by atoms with Gasteiger partial charge in [-0.3, -0.25) is 4.79 Å². The molecule has 0 atom stereocenters. The highest BCUT2D eigenvalue weighted by Gasteiger charge is 2.36. The Balaban J connectivity index is 2.06. The van der Waals surface area contributed by atoms with Crippen molar-refractivity contribution in [3.05, 3.63) is 11.4 Å². The normalized spacial score (nSPS) is 23.1. The van der Waals surface area contributed by atoms with E-state index in [0.29, 0.717) is 17.2 Å². The molecular formula is C12H14N4O2. The minimum Gasteiger partial charge on any atom is -0.390 e. The van der Waals surface area contributed by atoms with E-state index in [1.165, 1.54) is 0 Å². The van der Waals surface area contributed by atoms with Crippen LogP contribution in [0.5, 0.6) is 0 Å². The molecule has 3 aliphatic heterocycles. The number of hydrogen-bond acceptors (Lipinski definition) is 5. The van der Waals surface area contributed by atoms with Gasteiger partial charge in [-0.15, -0.1) is 0 Å². The molecule has 1 fully saturated rings. The van der Waals surface area contributed by atoms with Gasteiger partial charge in [0.2, 0.25) is 0 Å². The van der Waals surface area contributed by atoms with Crippen molar-refractivity contribution < 1.29 is 9.90 Å². The zero-order valence-electron chi connectivity index (χ0n) is 10.2. The largest absolute Gasteiger partial charge is 0.390 e. The first-order chi connectivity index (χ1) is 8.70. The molecule has 3 aliphatic rings. The number of aliphatic imine (C=N–C) groups is 3. The predicted octanol–water partition coefficient (Wildman–Crippen LogP) is 0.140. The van der Waals surface area contributed by atoms with Crippen LogP contribution in [0.2, 0.25) is 0 Å².